The Hall–Kier alpha value is -1.36. The predicted octanol–water partition coefficient (Wildman–Crippen LogP) is 0.498. The van der Waals surface area contributed by atoms with Crippen molar-refractivity contribution in [1.82, 2.24) is 4.57 Å². The Labute approximate surface area is 94.5 Å². The molecule has 1 aromatic carbocycles. The number of para-hydroxylation sites is 1. The van der Waals surface area contributed by atoms with Crippen molar-refractivity contribution in [2.24, 2.45) is 18.5 Å². The van der Waals surface area contributed by atoms with E-state index in [1.807, 2.05) is 42.1 Å². The molecular formula is C12H17N3O. The van der Waals surface area contributed by atoms with E-state index in [1.165, 1.54) is 0 Å². The average molecular weight is 219 g/mol. The summed E-state index contributed by atoms with van der Waals surface area (Å²) in [5, 5.41) is 10.8. The lowest BCUT2D eigenvalue weighted by atomic mass is 10.0. The van der Waals surface area contributed by atoms with Crippen LogP contribution in [0.5, 0.6) is 0 Å². The first-order valence-corrected chi connectivity index (χ1v) is 5.33. The molecule has 0 spiro atoms. The number of hydrogen-bond acceptors (Lipinski definition) is 3. The van der Waals surface area contributed by atoms with Gasteiger partial charge in [-0.05, 0) is 11.6 Å². The van der Waals surface area contributed by atoms with E-state index in [2.05, 4.69) is 0 Å². The topological polar surface area (TPSA) is 77.2 Å². The van der Waals surface area contributed by atoms with Crippen LogP contribution in [0.15, 0.2) is 30.5 Å². The molecule has 0 saturated carbocycles. The van der Waals surface area contributed by atoms with Crippen LogP contribution in [0.25, 0.3) is 10.9 Å². The lowest BCUT2D eigenvalue weighted by Gasteiger charge is -2.16. The molecule has 2 atom stereocenters. The zero-order valence-corrected chi connectivity index (χ0v) is 9.30. The van der Waals surface area contributed by atoms with Gasteiger partial charge in [0, 0.05) is 30.7 Å². The van der Waals surface area contributed by atoms with Crippen LogP contribution in [0, 0.1) is 0 Å². The van der Waals surface area contributed by atoms with Crippen molar-refractivity contribution in [3.63, 3.8) is 0 Å². The summed E-state index contributed by atoms with van der Waals surface area (Å²) < 4.78 is 2.01. The van der Waals surface area contributed by atoms with Crippen LogP contribution in [0.2, 0.25) is 0 Å². The van der Waals surface area contributed by atoms with Crippen molar-refractivity contribution in [3.8, 4) is 0 Å². The maximum Gasteiger partial charge on any atom is 0.0855 e. The fourth-order valence-electron chi connectivity index (χ4n) is 1.99. The minimum atomic E-state index is -0.703. The molecule has 0 saturated heterocycles. The van der Waals surface area contributed by atoms with Gasteiger partial charge in [0.05, 0.1) is 12.1 Å². The van der Waals surface area contributed by atoms with Gasteiger partial charge in [0.1, 0.15) is 0 Å². The number of nitrogens with zero attached hydrogens (tertiary/aromatic N) is 1. The molecule has 0 aliphatic rings. The smallest absolute Gasteiger partial charge is 0.0855 e. The number of aliphatic hydroxyl groups is 1. The molecule has 5 N–H and O–H groups in total. The monoisotopic (exact) mass is 219 g/mol. The summed E-state index contributed by atoms with van der Waals surface area (Å²) in [5.41, 5.74) is 13.5. The molecule has 0 bridgehead atoms. The van der Waals surface area contributed by atoms with Gasteiger partial charge < -0.3 is 21.1 Å². The molecule has 2 aromatic rings. The highest BCUT2D eigenvalue weighted by molar-refractivity contribution is 5.84. The van der Waals surface area contributed by atoms with Crippen LogP contribution in [-0.4, -0.2) is 22.3 Å². The number of nitrogens with two attached hydrogens (primary N) is 2. The van der Waals surface area contributed by atoms with Crippen LogP contribution in [0.3, 0.4) is 0 Å². The third-order valence-corrected chi connectivity index (χ3v) is 2.94. The maximum atomic E-state index is 9.69. The van der Waals surface area contributed by atoms with Crippen LogP contribution in [-0.2, 0) is 7.05 Å². The van der Waals surface area contributed by atoms with Crippen LogP contribution in [0.1, 0.15) is 11.6 Å². The molecule has 0 radical (unpaired) electrons. The van der Waals surface area contributed by atoms with E-state index in [0.717, 1.165) is 16.5 Å². The molecule has 16 heavy (non-hydrogen) atoms. The highest BCUT2D eigenvalue weighted by Crippen LogP contribution is 2.26. The Morgan fingerprint density at radius 3 is 2.75 bits per heavy atom. The summed E-state index contributed by atoms with van der Waals surface area (Å²) in [6, 6.07) is 7.55. The van der Waals surface area contributed by atoms with E-state index in [1.54, 1.807) is 0 Å². The standard InChI is InChI=1S/C12H17N3O/c1-15-7-9(12(14)11(16)6-13)8-4-2-3-5-10(8)15/h2-5,7,11-12,16H,6,13-14H2,1H3. The second-order valence-corrected chi connectivity index (χ2v) is 4.04. The molecule has 4 heteroatoms. The highest BCUT2D eigenvalue weighted by Gasteiger charge is 2.19. The van der Waals surface area contributed by atoms with Crippen molar-refractivity contribution < 1.29 is 5.11 Å². The van der Waals surface area contributed by atoms with E-state index in [0.29, 0.717) is 0 Å². The number of aromatic nitrogens is 1. The fraction of sp³-hybridized carbons (Fsp3) is 0.333. The summed E-state index contributed by atoms with van der Waals surface area (Å²) in [5.74, 6) is 0. The Kier molecular flexibility index (Phi) is 2.96. The predicted molar refractivity (Wildman–Crippen MR) is 64.9 cm³/mol. The van der Waals surface area contributed by atoms with Crippen molar-refractivity contribution in [3.05, 3.63) is 36.0 Å². The van der Waals surface area contributed by atoms with E-state index in [9.17, 15) is 5.11 Å². The minimum Gasteiger partial charge on any atom is -0.390 e. The molecule has 86 valence electrons. The quantitative estimate of drug-likeness (QED) is 0.703. The highest BCUT2D eigenvalue weighted by atomic mass is 16.3. The average Bonchev–Trinajstić information content (AvgIpc) is 2.65. The van der Waals surface area contributed by atoms with Crippen molar-refractivity contribution in [2.45, 2.75) is 12.1 Å². The van der Waals surface area contributed by atoms with Gasteiger partial charge in [-0.25, -0.2) is 0 Å². The van der Waals surface area contributed by atoms with Gasteiger partial charge >= 0.3 is 0 Å². The first-order chi connectivity index (χ1) is 7.65. The normalized spacial score (nSPS) is 15.2. The molecule has 0 aliphatic carbocycles. The zero-order valence-electron chi connectivity index (χ0n) is 9.30. The molecule has 0 fully saturated rings. The molecule has 2 rings (SSSR count). The largest absolute Gasteiger partial charge is 0.390 e. The number of benzene rings is 1. The molecule has 1 aromatic heterocycles. The molecule has 1 heterocycles. The Morgan fingerprint density at radius 2 is 2.06 bits per heavy atom. The number of rotatable bonds is 3. The molecular weight excluding hydrogens is 202 g/mol. The number of hydrogen-bond donors (Lipinski definition) is 3. The van der Waals surface area contributed by atoms with Gasteiger partial charge in [-0.3, -0.25) is 0 Å². The number of fused-ring (bicyclic) bond motifs is 1. The summed E-state index contributed by atoms with van der Waals surface area (Å²) in [4.78, 5) is 0. The van der Waals surface area contributed by atoms with E-state index in [4.69, 9.17) is 11.5 Å². The second-order valence-electron chi connectivity index (χ2n) is 4.04. The molecule has 2 unspecified atom stereocenters. The lowest BCUT2D eigenvalue weighted by Crippen LogP contribution is -2.32. The van der Waals surface area contributed by atoms with Gasteiger partial charge in [0.2, 0.25) is 0 Å². The molecule has 0 aliphatic heterocycles. The van der Waals surface area contributed by atoms with Gasteiger partial charge in [-0.15, -0.1) is 0 Å². The van der Waals surface area contributed by atoms with Crippen LogP contribution < -0.4 is 11.5 Å². The Bertz CT molecular complexity index is 492. The fourth-order valence-corrected chi connectivity index (χ4v) is 1.99. The summed E-state index contributed by atoms with van der Waals surface area (Å²) >= 11 is 0. The minimum absolute atomic E-state index is 0.171. The SMILES string of the molecule is Cn1cc(C(N)C(O)CN)c2ccccc21. The number of aryl methyl sites for hydroxylation is 1. The van der Waals surface area contributed by atoms with Crippen molar-refractivity contribution in [2.75, 3.05) is 6.54 Å². The number of aliphatic hydroxyl groups excluding tert-OH is 1. The first kappa shape index (κ1) is 11.1. The molecule has 4 nitrogen and oxygen atoms in total. The van der Waals surface area contributed by atoms with Crippen molar-refractivity contribution in [1.29, 1.82) is 0 Å². The Balaban J connectivity index is 2.52. The summed E-state index contributed by atoms with van der Waals surface area (Å²) in [6.07, 6.45) is 1.25. The summed E-state index contributed by atoms with van der Waals surface area (Å²) in [6.45, 7) is 0.171. The van der Waals surface area contributed by atoms with Crippen molar-refractivity contribution >= 4 is 10.9 Å². The van der Waals surface area contributed by atoms with Gasteiger partial charge in [0.15, 0.2) is 0 Å². The van der Waals surface area contributed by atoms with Crippen LogP contribution in [0.4, 0.5) is 0 Å². The summed E-state index contributed by atoms with van der Waals surface area (Å²) in [7, 11) is 1.97. The van der Waals surface area contributed by atoms with Crippen LogP contribution >= 0.6 is 0 Å². The van der Waals surface area contributed by atoms with Gasteiger partial charge in [-0.2, -0.15) is 0 Å². The van der Waals surface area contributed by atoms with Gasteiger partial charge in [-0.1, -0.05) is 18.2 Å². The van der Waals surface area contributed by atoms with Gasteiger partial charge in [0.25, 0.3) is 0 Å². The van der Waals surface area contributed by atoms with E-state index in [-0.39, 0.29) is 6.54 Å². The van der Waals surface area contributed by atoms with E-state index >= 15 is 0 Å². The lowest BCUT2D eigenvalue weighted by molar-refractivity contribution is 0.153. The van der Waals surface area contributed by atoms with E-state index < -0.39 is 12.1 Å². The third kappa shape index (κ3) is 1.71. The Morgan fingerprint density at radius 1 is 1.38 bits per heavy atom. The maximum absolute atomic E-state index is 9.69. The molecule has 0 amide bonds. The first-order valence-electron chi connectivity index (χ1n) is 5.33. The third-order valence-electron chi connectivity index (χ3n) is 2.94. The second kappa shape index (κ2) is 4.25. The zero-order chi connectivity index (χ0) is 11.7.